The number of sulfonamides is 1. The fourth-order valence-corrected chi connectivity index (χ4v) is 4.00. The number of carbonyl (C=O) groups is 1. The average Bonchev–Trinajstić information content (AvgIpc) is 2.99. The van der Waals surface area contributed by atoms with Gasteiger partial charge in [0.1, 0.15) is 12.1 Å². The Kier molecular flexibility index (Phi) is 2.92. The summed E-state index contributed by atoms with van der Waals surface area (Å²) in [5, 5.41) is 3.18. The van der Waals surface area contributed by atoms with E-state index >= 15 is 0 Å². The highest BCUT2D eigenvalue weighted by Crippen LogP contribution is 2.34. The quantitative estimate of drug-likeness (QED) is 0.784. The van der Waals surface area contributed by atoms with Gasteiger partial charge in [-0.2, -0.15) is 8.42 Å². The third-order valence-corrected chi connectivity index (χ3v) is 5.30. The number of amides is 1. The normalized spacial score (nSPS) is 14.6. The van der Waals surface area contributed by atoms with Gasteiger partial charge in [0.15, 0.2) is 0 Å². The van der Waals surface area contributed by atoms with E-state index in [0.717, 1.165) is 4.31 Å². The molecule has 116 valence electrons. The molecule has 0 saturated heterocycles. The highest BCUT2D eigenvalue weighted by Gasteiger charge is 2.34. The van der Waals surface area contributed by atoms with Crippen molar-refractivity contribution < 1.29 is 17.6 Å². The minimum atomic E-state index is -3.96. The Labute approximate surface area is 132 Å². The summed E-state index contributed by atoms with van der Waals surface area (Å²) in [4.78, 5) is 11.8. The van der Waals surface area contributed by atoms with Crippen LogP contribution in [-0.2, 0) is 14.8 Å². The van der Waals surface area contributed by atoms with Crippen molar-refractivity contribution in [1.29, 1.82) is 0 Å². The third-order valence-electron chi connectivity index (χ3n) is 3.68. The van der Waals surface area contributed by atoms with Gasteiger partial charge in [0.2, 0.25) is 11.0 Å². The minimum absolute atomic E-state index is 0.178. The van der Waals surface area contributed by atoms with Crippen LogP contribution in [0.3, 0.4) is 0 Å². The van der Waals surface area contributed by atoms with Gasteiger partial charge in [-0.15, -0.1) is 0 Å². The van der Waals surface area contributed by atoms with Crippen LogP contribution in [0.15, 0.2) is 64.1 Å². The molecule has 6 nitrogen and oxygen atoms in total. The molecule has 1 aliphatic rings. The fourth-order valence-electron chi connectivity index (χ4n) is 2.61. The molecule has 3 aromatic rings. The molecule has 4 rings (SSSR count). The molecule has 7 heteroatoms. The first kappa shape index (κ1) is 13.8. The first-order valence-electron chi connectivity index (χ1n) is 6.96. The van der Waals surface area contributed by atoms with Crippen LogP contribution < -0.4 is 9.62 Å². The van der Waals surface area contributed by atoms with E-state index in [-0.39, 0.29) is 17.5 Å². The maximum Gasteiger partial charge on any atom is 0.298 e. The number of furan rings is 1. The van der Waals surface area contributed by atoms with Crippen molar-refractivity contribution in [3.63, 3.8) is 0 Å². The Bertz CT molecular complexity index is 990. The van der Waals surface area contributed by atoms with Crippen LogP contribution in [-0.4, -0.2) is 20.9 Å². The Morgan fingerprint density at radius 1 is 1.04 bits per heavy atom. The van der Waals surface area contributed by atoms with Gasteiger partial charge in [0.05, 0.1) is 11.4 Å². The number of benzene rings is 2. The molecule has 0 atom stereocenters. The van der Waals surface area contributed by atoms with Gasteiger partial charge in [-0.3, -0.25) is 9.10 Å². The van der Waals surface area contributed by atoms with E-state index in [9.17, 15) is 13.2 Å². The Morgan fingerprint density at radius 2 is 1.78 bits per heavy atom. The molecule has 0 saturated carbocycles. The predicted molar refractivity (Wildman–Crippen MR) is 85.8 cm³/mol. The lowest BCUT2D eigenvalue weighted by Gasteiger charge is -2.29. The van der Waals surface area contributed by atoms with Crippen LogP contribution >= 0.6 is 0 Å². The number of fused-ring (bicyclic) bond motifs is 2. The van der Waals surface area contributed by atoms with Crippen molar-refractivity contribution in [2.75, 3.05) is 16.2 Å². The molecule has 0 spiro atoms. The molecule has 1 aliphatic heterocycles. The standard InChI is InChI=1S/C16H12N2O4S/c19-15-10-18(13-7-3-2-6-12(13)17-15)23(20,21)16-9-11-5-1-4-8-14(11)22-16/h1-9H,10H2,(H,17,19). The van der Waals surface area contributed by atoms with Crippen LogP contribution in [0.1, 0.15) is 0 Å². The molecule has 0 radical (unpaired) electrons. The largest absolute Gasteiger partial charge is 0.443 e. The molecule has 1 aromatic heterocycles. The monoisotopic (exact) mass is 328 g/mol. The van der Waals surface area contributed by atoms with E-state index in [0.29, 0.717) is 22.3 Å². The van der Waals surface area contributed by atoms with Gasteiger partial charge >= 0.3 is 0 Å². The number of nitrogens with one attached hydrogen (secondary N) is 1. The topological polar surface area (TPSA) is 79.6 Å². The van der Waals surface area contributed by atoms with Crippen LogP contribution in [0, 0.1) is 0 Å². The number of rotatable bonds is 2. The van der Waals surface area contributed by atoms with E-state index in [1.165, 1.54) is 6.07 Å². The highest BCUT2D eigenvalue weighted by molar-refractivity contribution is 7.92. The van der Waals surface area contributed by atoms with E-state index < -0.39 is 10.0 Å². The summed E-state index contributed by atoms with van der Waals surface area (Å²) in [6.45, 7) is -0.281. The molecule has 0 bridgehead atoms. The second-order valence-electron chi connectivity index (χ2n) is 5.18. The lowest BCUT2D eigenvalue weighted by atomic mass is 10.2. The Balaban J connectivity index is 1.87. The zero-order chi connectivity index (χ0) is 16.0. The Hall–Kier alpha value is -2.80. The van der Waals surface area contributed by atoms with E-state index in [1.807, 2.05) is 0 Å². The van der Waals surface area contributed by atoms with Crippen molar-refractivity contribution in [1.82, 2.24) is 0 Å². The molecular formula is C16H12N2O4S. The third kappa shape index (κ3) is 2.17. The fraction of sp³-hybridized carbons (Fsp3) is 0.0625. The number of hydrogen-bond donors (Lipinski definition) is 1. The second kappa shape index (κ2) is 4.85. The van der Waals surface area contributed by atoms with Crippen molar-refractivity contribution in [2.45, 2.75) is 5.09 Å². The summed E-state index contributed by atoms with van der Waals surface area (Å²) in [6.07, 6.45) is 0. The summed E-state index contributed by atoms with van der Waals surface area (Å²) in [5.74, 6) is -0.386. The van der Waals surface area contributed by atoms with Crippen LogP contribution in [0.2, 0.25) is 0 Å². The van der Waals surface area contributed by atoms with Crippen LogP contribution in [0.4, 0.5) is 11.4 Å². The summed E-state index contributed by atoms with van der Waals surface area (Å²) >= 11 is 0. The summed E-state index contributed by atoms with van der Waals surface area (Å²) < 4.78 is 32.4. The maximum atomic E-state index is 12.9. The van der Waals surface area contributed by atoms with Gasteiger partial charge in [-0.25, -0.2) is 0 Å². The summed E-state index contributed by atoms with van der Waals surface area (Å²) in [6, 6.07) is 15.3. The molecule has 2 aromatic carbocycles. The van der Waals surface area contributed by atoms with Gasteiger partial charge in [-0.1, -0.05) is 30.3 Å². The maximum absolute atomic E-state index is 12.9. The molecule has 0 unspecified atom stereocenters. The lowest BCUT2D eigenvalue weighted by Crippen LogP contribution is -2.41. The second-order valence-corrected chi connectivity index (χ2v) is 6.97. The van der Waals surface area contributed by atoms with Gasteiger partial charge in [0.25, 0.3) is 10.0 Å². The van der Waals surface area contributed by atoms with Crippen molar-refractivity contribution in [3.05, 3.63) is 54.6 Å². The molecular weight excluding hydrogens is 316 g/mol. The molecule has 0 aliphatic carbocycles. The van der Waals surface area contributed by atoms with Crippen molar-refractivity contribution in [2.24, 2.45) is 0 Å². The summed E-state index contributed by atoms with van der Waals surface area (Å²) in [7, 11) is -3.96. The van der Waals surface area contributed by atoms with Gasteiger partial charge < -0.3 is 9.73 Å². The number of anilines is 2. The number of carbonyl (C=O) groups excluding carboxylic acids is 1. The van der Waals surface area contributed by atoms with Crippen molar-refractivity contribution >= 4 is 38.3 Å². The zero-order valence-electron chi connectivity index (χ0n) is 11.9. The summed E-state index contributed by atoms with van der Waals surface area (Å²) in [5.41, 5.74) is 1.37. The minimum Gasteiger partial charge on any atom is -0.443 e. The number of hydrogen-bond acceptors (Lipinski definition) is 4. The van der Waals surface area contributed by atoms with Gasteiger partial charge in [0, 0.05) is 11.5 Å². The molecule has 1 amide bonds. The lowest BCUT2D eigenvalue weighted by molar-refractivity contribution is -0.115. The number of para-hydroxylation sites is 3. The average molecular weight is 328 g/mol. The smallest absolute Gasteiger partial charge is 0.298 e. The first-order chi connectivity index (χ1) is 11.1. The predicted octanol–water partition coefficient (Wildman–Crippen LogP) is 2.58. The molecule has 0 fully saturated rings. The van der Waals surface area contributed by atoms with E-state index in [4.69, 9.17) is 4.42 Å². The molecule has 23 heavy (non-hydrogen) atoms. The van der Waals surface area contributed by atoms with Crippen LogP contribution in [0.25, 0.3) is 11.0 Å². The molecule has 1 N–H and O–H groups in total. The first-order valence-corrected chi connectivity index (χ1v) is 8.40. The van der Waals surface area contributed by atoms with E-state index in [1.54, 1.807) is 48.5 Å². The Morgan fingerprint density at radius 3 is 2.61 bits per heavy atom. The zero-order valence-corrected chi connectivity index (χ0v) is 12.7. The van der Waals surface area contributed by atoms with E-state index in [2.05, 4.69) is 5.32 Å². The molecule has 2 heterocycles. The van der Waals surface area contributed by atoms with Crippen LogP contribution in [0.5, 0.6) is 0 Å². The van der Waals surface area contributed by atoms with Crippen molar-refractivity contribution in [3.8, 4) is 0 Å². The highest BCUT2D eigenvalue weighted by atomic mass is 32.2. The number of nitrogens with zero attached hydrogens (tertiary/aromatic N) is 1. The van der Waals surface area contributed by atoms with Gasteiger partial charge in [-0.05, 0) is 18.2 Å². The SMILES string of the molecule is O=C1CN(S(=O)(=O)c2cc3ccccc3o2)c2ccccc2N1.